The fraction of sp³-hybridized carbons (Fsp3) is 0.556. The first kappa shape index (κ1) is 19.1. The molecule has 0 atom stereocenters. The van der Waals surface area contributed by atoms with Crippen molar-refractivity contribution in [2.24, 2.45) is 0 Å². The minimum atomic E-state index is -0.0782. The minimum absolute atomic E-state index is 0.0782. The molecule has 1 aromatic carbocycles. The summed E-state index contributed by atoms with van der Waals surface area (Å²) in [5.74, 6) is 0. The zero-order valence-corrected chi connectivity index (χ0v) is 14.8. The third-order valence-electron chi connectivity index (χ3n) is 3.26. The van der Waals surface area contributed by atoms with Crippen molar-refractivity contribution < 1.29 is 13.9 Å². The average molecular weight is 321 g/mol. The van der Waals surface area contributed by atoms with Crippen LogP contribution in [0.15, 0.2) is 30.8 Å². The molecule has 0 amide bonds. The largest absolute Gasteiger partial charge is 0.417 e. The number of benzene rings is 1. The van der Waals surface area contributed by atoms with Gasteiger partial charge in [-0.15, -0.1) is 0 Å². The van der Waals surface area contributed by atoms with Gasteiger partial charge in [0.1, 0.15) is 0 Å². The summed E-state index contributed by atoms with van der Waals surface area (Å²) in [6.07, 6.45) is 4.82. The second-order valence-electron chi connectivity index (χ2n) is 4.88. The zero-order valence-electron chi connectivity index (χ0n) is 13.8. The van der Waals surface area contributed by atoms with Gasteiger partial charge in [-0.3, -0.25) is 0 Å². The Hall–Kier alpha value is -0.943. The van der Waals surface area contributed by atoms with Gasteiger partial charge in [0.2, 0.25) is 9.76 Å². The van der Waals surface area contributed by atoms with Crippen LogP contribution in [0, 0.1) is 0 Å². The molecule has 0 heterocycles. The van der Waals surface area contributed by atoms with Gasteiger partial charge in [0.25, 0.3) is 0 Å². The van der Waals surface area contributed by atoms with Crippen molar-refractivity contribution in [1.82, 2.24) is 0 Å². The predicted molar refractivity (Wildman–Crippen MR) is 93.0 cm³/mol. The molecule has 1 rings (SSSR count). The first-order chi connectivity index (χ1) is 10.8. The van der Waals surface area contributed by atoms with Gasteiger partial charge in [0.15, 0.2) is 6.29 Å². The molecule has 2 radical (unpaired) electrons. The summed E-state index contributed by atoms with van der Waals surface area (Å²) < 4.78 is 16.7. The maximum atomic E-state index is 5.73. The van der Waals surface area contributed by atoms with E-state index in [-0.39, 0.29) is 6.29 Å². The maximum absolute atomic E-state index is 5.73. The maximum Gasteiger partial charge on any atom is 0.229 e. The molecular formula is C18H28O3Si. The SMILES string of the molecule is C=Cc1ccccc1CCCO[Si]CCC(OCC)OCC. The van der Waals surface area contributed by atoms with E-state index < -0.39 is 0 Å². The molecule has 0 saturated carbocycles. The molecule has 0 spiro atoms. The van der Waals surface area contributed by atoms with E-state index in [1.807, 2.05) is 26.0 Å². The van der Waals surface area contributed by atoms with Gasteiger partial charge in [0.05, 0.1) is 0 Å². The van der Waals surface area contributed by atoms with Crippen molar-refractivity contribution in [2.75, 3.05) is 19.8 Å². The van der Waals surface area contributed by atoms with Gasteiger partial charge in [-0.25, -0.2) is 0 Å². The molecule has 0 bridgehead atoms. The minimum Gasteiger partial charge on any atom is -0.417 e. The molecular weight excluding hydrogens is 292 g/mol. The monoisotopic (exact) mass is 320 g/mol. The summed E-state index contributed by atoms with van der Waals surface area (Å²) in [7, 11) is 0.519. The number of rotatable bonds is 13. The molecule has 0 aromatic heterocycles. The molecule has 0 fully saturated rings. The van der Waals surface area contributed by atoms with Crippen LogP contribution in [0.4, 0.5) is 0 Å². The van der Waals surface area contributed by atoms with E-state index >= 15 is 0 Å². The van der Waals surface area contributed by atoms with E-state index in [1.165, 1.54) is 11.1 Å². The lowest BCUT2D eigenvalue weighted by Crippen LogP contribution is -2.18. The topological polar surface area (TPSA) is 27.7 Å². The van der Waals surface area contributed by atoms with Gasteiger partial charge in [0, 0.05) is 19.8 Å². The van der Waals surface area contributed by atoms with Gasteiger partial charge in [-0.2, -0.15) is 0 Å². The van der Waals surface area contributed by atoms with Crippen LogP contribution in [0.3, 0.4) is 0 Å². The summed E-state index contributed by atoms with van der Waals surface area (Å²) in [6, 6.07) is 9.38. The molecule has 4 heteroatoms. The summed E-state index contributed by atoms with van der Waals surface area (Å²) in [5.41, 5.74) is 2.57. The van der Waals surface area contributed by atoms with Gasteiger partial charge < -0.3 is 13.9 Å². The summed E-state index contributed by atoms with van der Waals surface area (Å²) in [6.45, 7) is 10.0. The van der Waals surface area contributed by atoms with E-state index in [4.69, 9.17) is 13.9 Å². The highest BCUT2D eigenvalue weighted by Crippen LogP contribution is 2.12. The normalized spacial score (nSPS) is 11.0. The van der Waals surface area contributed by atoms with E-state index in [0.29, 0.717) is 23.0 Å². The number of hydrogen-bond donors (Lipinski definition) is 0. The molecule has 0 aliphatic carbocycles. The first-order valence-corrected chi connectivity index (χ1v) is 9.21. The number of hydrogen-bond acceptors (Lipinski definition) is 3. The molecule has 0 unspecified atom stereocenters. The Morgan fingerprint density at radius 1 is 1.18 bits per heavy atom. The first-order valence-electron chi connectivity index (χ1n) is 8.10. The van der Waals surface area contributed by atoms with Crippen molar-refractivity contribution in [3.8, 4) is 0 Å². The molecule has 22 heavy (non-hydrogen) atoms. The smallest absolute Gasteiger partial charge is 0.229 e. The number of aryl methyl sites for hydroxylation is 1. The lowest BCUT2D eigenvalue weighted by atomic mass is 10.0. The van der Waals surface area contributed by atoms with Crippen LogP contribution >= 0.6 is 0 Å². The lowest BCUT2D eigenvalue weighted by molar-refractivity contribution is -0.136. The molecule has 0 N–H and O–H groups in total. The second kappa shape index (κ2) is 12.6. The molecule has 0 saturated heterocycles. The van der Waals surface area contributed by atoms with Crippen molar-refractivity contribution in [2.45, 2.75) is 45.4 Å². The Labute approximate surface area is 137 Å². The van der Waals surface area contributed by atoms with Crippen LogP contribution in [0.2, 0.25) is 6.04 Å². The van der Waals surface area contributed by atoms with Crippen molar-refractivity contribution in [3.63, 3.8) is 0 Å². The highest BCUT2D eigenvalue weighted by Gasteiger charge is 2.07. The predicted octanol–water partition coefficient (Wildman–Crippen LogP) is 4.11. The van der Waals surface area contributed by atoms with E-state index in [1.54, 1.807) is 0 Å². The second-order valence-corrected chi connectivity index (χ2v) is 5.96. The van der Waals surface area contributed by atoms with Crippen LogP contribution in [-0.4, -0.2) is 35.9 Å². The Balaban J connectivity index is 2.09. The highest BCUT2D eigenvalue weighted by molar-refractivity contribution is 6.26. The van der Waals surface area contributed by atoms with Crippen LogP contribution in [0.1, 0.15) is 37.8 Å². The average Bonchev–Trinajstić information content (AvgIpc) is 2.54. The summed E-state index contributed by atoms with van der Waals surface area (Å²) in [4.78, 5) is 0. The molecule has 3 nitrogen and oxygen atoms in total. The van der Waals surface area contributed by atoms with E-state index in [2.05, 4.69) is 24.8 Å². The Bertz CT molecular complexity index is 403. The zero-order chi connectivity index (χ0) is 16.0. The van der Waals surface area contributed by atoms with Crippen molar-refractivity contribution in [3.05, 3.63) is 42.0 Å². The van der Waals surface area contributed by atoms with Crippen molar-refractivity contribution >= 4 is 15.8 Å². The van der Waals surface area contributed by atoms with Gasteiger partial charge in [-0.1, -0.05) is 36.9 Å². The summed E-state index contributed by atoms with van der Waals surface area (Å²) in [5, 5.41) is 0. The van der Waals surface area contributed by atoms with E-state index in [9.17, 15) is 0 Å². The third kappa shape index (κ3) is 7.89. The summed E-state index contributed by atoms with van der Waals surface area (Å²) >= 11 is 0. The fourth-order valence-electron chi connectivity index (χ4n) is 2.20. The molecule has 122 valence electrons. The highest BCUT2D eigenvalue weighted by atomic mass is 28.2. The standard InChI is InChI=1S/C18H28O3Si/c1-4-16-10-7-8-11-17(16)12-9-14-21-22-15-13-18(19-5-2)20-6-3/h4,7-8,10-11,18H,1,5-6,9,12-15H2,2-3H3. The molecule has 1 aromatic rings. The Morgan fingerprint density at radius 2 is 1.91 bits per heavy atom. The Kier molecular flexibility index (Phi) is 10.9. The van der Waals surface area contributed by atoms with Crippen LogP contribution in [-0.2, 0) is 20.3 Å². The number of ether oxygens (including phenoxy) is 2. The molecule has 0 aliphatic heterocycles. The lowest BCUT2D eigenvalue weighted by Gasteiger charge is -2.16. The van der Waals surface area contributed by atoms with Crippen LogP contribution < -0.4 is 0 Å². The van der Waals surface area contributed by atoms with Crippen LogP contribution in [0.5, 0.6) is 0 Å². The van der Waals surface area contributed by atoms with Gasteiger partial charge >= 0.3 is 0 Å². The fourth-order valence-corrected chi connectivity index (χ4v) is 2.99. The third-order valence-corrected chi connectivity index (χ3v) is 4.16. The van der Waals surface area contributed by atoms with E-state index in [0.717, 1.165) is 31.9 Å². The Morgan fingerprint density at radius 3 is 2.59 bits per heavy atom. The van der Waals surface area contributed by atoms with Crippen LogP contribution in [0.25, 0.3) is 6.08 Å². The van der Waals surface area contributed by atoms with Crippen molar-refractivity contribution in [1.29, 1.82) is 0 Å². The van der Waals surface area contributed by atoms with Gasteiger partial charge in [-0.05, 0) is 50.3 Å². The quantitative estimate of drug-likeness (QED) is 0.311. The molecule has 0 aliphatic rings.